The zero-order valence-corrected chi connectivity index (χ0v) is 21.3. The van der Waals surface area contributed by atoms with Gasteiger partial charge in [-0.2, -0.15) is 5.10 Å². The Kier molecular flexibility index (Phi) is 13.9. The largest absolute Gasteiger partial charge is 0.493 e. The molecule has 1 N–H and O–H groups in total. The molecule has 6 nitrogen and oxygen atoms in total. The molecule has 0 aliphatic rings. The number of benzene rings is 2. The highest BCUT2D eigenvalue weighted by Gasteiger charge is 2.12. The molecule has 2 rings (SSSR count). The number of nitrogens with one attached hydrogen (secondary N) is 1. The molecule has 0 bridgehead atoms. The van der Waals surface area contributed by atoms with Gasteiger partial charge in [-0.3, -0.25) is 4.79 Å². The second kappa shape index (κ2) is 17.3. The molecule has 0 radical (unpaired) electrons. The monoisotopic (exact) mass is 480 g/mol. The zero-order chi connectivity index (χ0) is 25.1. The molecular weight excluding hydrogens is 440 g/mol. The molecular formula is C29H40N2O4. The average molecular weight is 481 g/mol. The van der Waals surface area contributed by atoms with Crippen molar-refractivity contribution in [3.8, 4) is 11.5 Å². The summed E-state index contributed by atoms with van der Waals surface area (Å²) in [5.74, 6) is 0.182. The van der Waals surface area contributed by atoms with E-state index in [-0.39, 0.29) is 5.91 Å². The Balaban J connectivity index is 1.64. The molecule has 0 atom stereocenters. The number of hydrogen-bond donors (Lipinski definition) is 1. The number of ether oxygens (including phenoxy) is 2. The van der Waals surface area contributed by atoms with E-state index < -0.39 is 5.97 Å². The molecule has 35 heavy (non-hydrogen) atoms. The van der Waals surface area contributed by atoms with Crippen molar-refractivity contribution < 1.29 is 19.1 Å². The van der Waals surface area contributed by atoms with Crippen LogP contribution in [-0.2, 0) is 4.79 Å². The standard InChI is InChI=1S/C29H40N2O4/c1-3-4-5-6-7-8-9-10-11-12-16-19-28(32)31-30-23-24-20-21-26(27(22-24)34-2)35-29(33)25-17-14-13-15-18-25/h13-15,17-18,20-23H,3-12,16,19H2,1-2H3,(H,31,32). The van der Waals surface area contributed by atoms with Crippen molar-refractivity contribution in [3.05, 3.63) is 59.7 Å². The van der Waals surface area contributed by atoms with Gasteiger partial charge in [0, 0.05) is 6.42 Å². The molecule has 0 saturated heterocycles. The molecule has 0 saturated carbocycles. The van der Waals surface area contributed by atoms with Crippen LogP contribution >= 0.6 is 0 Å². The average Bonchev–Trinajstić information content (AvgIpc) is 2.88. The Morgan fingerprint density at radius 2 is 1.46 bits per heavy atom. The number of nitrogens with zero attached hydrogens (tertiary/aromatic N) is 1. The summed E-state index contributed by atoms with van der Waals surface area (Å²) in [6.45, 7) is 2.25. The van der Waals surface area contributed by atoms with Crippen LogP contribution in [0.2, 0.25) is 0 Å². The first kappa shape index (κ1) is 28.1. The number of unbranched alkanes of at least 4 members (excludes halogenated alkanes) is 10. The third-order valence-corrected chi connectivity index (χ3v) is 5.81. The minimum Gasteiger partial charge on any atom is -0.493 e. The molecule has 190 valence electrons. The number of methoxy groups -OCH3 is 1. The van der Waals surface area contributed by atoms with Crippen LogP contribution in [0.3, 0.4) is 0 Å². The summed E-state index contributed by atoms with van der Waals surface area (Å²) in [6.07, 6.45) is 15.8. The Labute approximate surface area is 210 Å². The number of carbonyl (C=O) groups is 2. The van der Waals surface area contributed by atoms with E-state index in [4.69, 9.17) is 9.47 Å². The molecule has 0 heterocycles. The minimum atomic E-state index is -0.458. The maximum atomic E-state index is 12.3. The molecule has 2 aromatic rings. The number of rotatable bonds is 17. The van der Waals surface area contributed by atoms with E-state index in [1.165, 1.54) is 64.9 Å². The van der Waals surface area contributed by atoms with Gasteiger partial charge in [0.1, 0.15) is 0 Å². The maximum Gasteiger partial charge on any atom is 0.343 e. The van der Waals surface area contributed by atoms with Gasteiger partial charge < -0.3 is 9.47 Å². The van der Waals surface area contributed by atoms with E-state index in [2.05, 4.69) is 17.5 Å². The van der Waals surface area contributed by atoms with Gasteiger partial charge >= 0.3 is 5.97 Å². The van der Waals surface area contributed by atoms with Gasteiger partial charge in [0.05, 0.1) is 18.9 Å². The Bertz CT molecular complexity index is 912. The van der Waals surface area contributed by atoms with Crippen molar-refractivity contribution in [2.75, 3.05) is 7.11 Å². The quantitative estimate of drug-likeness (QED) is 0.0864. The molecule has 0 aromatic heterocycles. The van der Waals surface area contributed by atoms with E-state index in [0.29, 0.717) is 23.5 Å². The lowest BCUT2D eigenvalue weighted by Gasteiger charge is -2.10. The summed E-state index contributed by atoms with van der Waals surface area (Å²) in [7, 11) is 1.51. The fourth-order valence-corrected chi connectivity index (χ4v) is 3.77. The van der Waals surface area contributed by atoms with Crippen LogP contribution in [0.5, 0.6) is 11.5 Å². The lowest BCUT2D eigenvalue weighted by atomic mass is 10.1. The lowest BCUT2D eigenvalue weighted by molar-refractivity contribution is -0.121. The smallest absolute Gasteiger partial charge is 0.343 e. The van der Waals surface area contributed by atoms with E-state index in [0.717, 1.165) is 18.4 Å². The topological polar surface area (TPSA) is 77.0 Å². The number of hydrogen-bond acceptors (Lipinski definition) is 5. The molecule has 0 aliphatic carbocycles. The zero-order valence-electron chi connectivity index (χ0n) is 21.3. The van der Waals surface area contributed by atoms with Gasteiger partial charge in [0.2, 0.25) is 5.91 Å². The third-order valence-electron chi connectivity index (χ3n) is 5.81. The van der Waals surface area contributed by atoms with Gasteiger partial charge in [0.25, 0.3) is 0 Å². The Morgan fingerprint density at radius 1 is 0.829 bits per heavy atom. The maximum absolute atomic E-state index is 12.3. The number of amides is 1. The molecule has 2 aromatic carbocycles. The molecule has 0 spiro atoms. The van der Waals surface area contributed by atoms with Crippen LogP contribution in [-0.4, -0.2) is 25.2 Å². The second-order valence-electron chi connectivity index (χ2n) is 8.74. The fourth-order valence-electron chi connectivity index (χ4n) is 3.77. The normalized spacial score (nSPS) is 10.9. The SMILES string of the molecule is CCCCCCCCCCCCCC(=O)NN=Cc1ccc(OC(=O)c2ccccc2)c(OC)c1. The van der Waals surface area contributed by atoms with Crippen LogP contribution < -0.4 is 14.9 Å². The minimum absolute atomic E-state index is 0.0856. The summed E-state index contributed by atoms with van der Waals surface area (Å²) in [4.78, 5) is 24.3. The predicted octanol–water partition coefficient (Wildman–Crippen LogP) is 7.07. The first-order valence-electron chi connectivity index (χ1n) is 12.9. The predicted molar refractivity (Wildman–Crippen MR) is 141 cm³/mol. The number of carbonyl (C=O) groups excluding carboxylic acids is 2. The highest BCUT2D eigenvalue weighted by Crippen LogP contribution is 2.28. The number of esters is 1. The van der Waals surface area contributed by atoms with Gasteiger partial charge in [-0.05, 0) is 42.3 Å². The number of hydrazone groups is 1. The lowest BCUT2D eigenvalue weighted by Crippen LogP contribution is -2.16. The van der Waals surface area contributed by atoms with Gasteiger partial charge in [-0.25, -0.2) is 10.2 Å². The first-order chi connectivity index (χ1) is 17.1. The highest BCUT2D eigenvalue weighted by molar-refractivity contribution is 5.91. The van der Waals surface area contributed by atoms with Crippen LogP contribution in [0, 0.1) is 0 Å². The van der Waals surface area contributed by atoms with Crippen LogP contribution in [0.15, 0.2) is 53.6 Å². The van der Waals surface area contributed by atoms with Crippen LogP contribution in [0.25, 0.3) is 0 Å². The molecule has 0 aliphatic heterocycles. The van der Waals surface area contributed by atoms with Crippen molar-refractivity contribution >= 4 is 18.1 Å². The summed E-state index contributed by atoms with van der Waals surface area (Å²) in [5.41, 5.74) is 3.75. The second-order valence-corrected chi connectivity index (χ2v) is 8.74. The van der Waals surface area contributed by atoms with E-state index in [1.807, 2.05) is 6.07 Å². The van der Waals surface area contributed by atoms with Crippen molar-refractivity contribution in [3.63, 3.8) is 0 Å². The highest BCUT2D eigenvalue weighted by atomic mass is 16.6. The summed E-state index contributed by atoms with van der Waals surface area (Å²) in [5, 5.41) is 4.04. The van der Waals surface area contributed by atoms with E-state index in [9.17, 15) is 9.59 Å². The van der Waals surface area contributed by atoms with Crippen molar-refractivity contribution in [2.24, 2.45) is 5.10 Å². The van der Waals surface area contributed by atoms with Gasteiger partial charge in [0.15, 0.2) is 11.5 Å². The van der Waals surface area contributed by atoms with Gasteiger partial charge in [-0.1, -0.05) is 89.3 Å². The Hall–Kier alpha value is -3.15. The van der Waals surface area contributed by atoms with Crippen molar-refractivity contribution in [1.29, 1.82) is 0 Å². The third kappa shape index (κ3) is 11.7. The van der Waals surface area contributed by atoms with E-state index in [1.54, 1.807) is 48.7 Å². The summed E-state index contributed by atoms with van der Waals surface area (Å²) in [6, 6.07) is 13.9. The molecule has 0 fully saturated rings. The Morgan fingerprint density at radius 3 is 2.09 bits per heavy atom. The summed E-state index contributed by atoms with van der Waals surface area (Å²) < 4.78 is 10.8. The first-order valence-corrected chi connectivity index (χ1v) is 12.9. The van der Waals surface area contributed by atoms with Crippen molar-refractivity contribution in [2.45, 2.75) is 84.0 Å². The van der Waals surface area contributed by atoms with Crippen LogP contribution in [0.1, 0.15) is 99.9 Å². The molecule has 1 amide bonds. The fraction of sp³-hybridized carbons (Fsp3) is 0.483. The van der Waals surface area contributed by atoms with E-state index >= 15 is 0 Å². The van der Waals surface area contributed by atoms with Crippen LogP contribution in [0.4, 0.5) is 0 Å². The molecule has 6 heteroatoms. The molecule has 0 unspecified atom stereocenters. The van der Waals surface area contributed by atoms with Crippen molar-refractivity contribution in [1.82, 2.24) is 5.43 Å². The summed E-state index contributed by atoms with van der Waals surface area (Å²) >= 11 is 0. The van der Waals surface area contributed by atoms with Gasteiger partial charge in [-0.15, -0.1) is 0 Å².